The van der Waals surface area contributed by atoms with E-state index < -0.39 is 0 Å². The molecule has 2 fully saturated rings. The molecule has 146 valence electrons. The third-order valence-corrected chi connectivity index (χ3v) is 4.49. The maximum absolute atomic E-state index is 12.4. The molecule has 0 radical (unpaired) electrons. The molecule has 2 aliphatic rings. The van der Waals surface area contributed by atoms with Crippen molar-refractivity contribution in [2.24, 2.45) is 4.99 Å². The first-order chi connectivity index (χ1) is 12.3. The summed E-state index contributed by atoms with van der Waals surface area (Å²) in [4.78, 5) is 25.2. The molecule has 1 aromatic heterocycles. The standard InChI is InChI=1S/C16H27N7O2.HI/c1-2-18-16(19-5-6-23-13-17-12-20-23)22-9-7-21(8-10-22)15(24)14-4-3-11-25-14;/h12-14H,2-11H2,1H3,(H,18,19);1H. The van der Waals surface area contributed by atoms with Gasteiger partial charge in [0.15, 0.2) is 5.96 Å². The highest BCUT2D eigenvalue weighted by molar-refractivity contribution is 14.0. The third kappa shape index (κ3) is 5.53. The second kappa shape index (κ2) is 10.7. The number of carbonyl (C=O) groups excluding carboxylic acids is 1. The van der Waals surface area contributed by atoms with Crippen LogP contribution in [0.3, 0.4) is 0 Å². The fourth-order valence-electron chi connectivity index (χ4n) is 3.15. The molecule has 0 aliphatic carbocycles. The Bertz CT molecular complexity index is 567. The lowest BCUT2D eigenvalue weighted by Gasteiger charge is -2.37. The number of ether oxygens (including phenoxy) is 1. The molecule has 3 heterocycles. The summed E-state index contributed by atoms with van der Waals surface area (Å²) >= 11 is 0. The number of hydrogen-bond donors (Lipinski definition) is 1. The first-order valence-corrected chi connectivity index (χ1v) is 9.04. The summed E-state index contributed by atoms with van der Waals surface area (Å²) in [6, 6.07) is 0. The van der Waals surface area contributed by atoms with Gasteiger partial charge in [-0.25, -0.2) is 4.98 Å². The van der Waals surface area contributed by atoms with Crippen molar-refractivity contribution in [2.75, 3.05) is 45.9 Å². The molecule has 1 aromatic rings. The Morgan fingerprint density at radius 3 is 2.69 bits per heavy atom. The lowest BCUT2D eigenvalue weighted by molar-refractivity contribution is -0.142. The number of halogens is 1. The molecule has 3 rings (SSSR count). The maximum atomic E-state index is 12.4. The molecule has 2 saturated heterocycles. The normalized spacial score (nSPS) is 20.8. The van der Waals surface area contributed by atoms with Crippen LogP contribution in [-0.2, 0) is 16.1 Å². The molecule has 1 N–H and O–H groups in total. The third-order valence-electron chi connectivity index (χ3n) is 4.49. The number of aliphatic imine (C=N–C) groups is 1. The van der Waals surface area contributed by atoms with E-state index in [2.05, 4.69) is 32.2 Å². The number of guanidine groups is 1. The number of piperazine rings is 1. The zero-order valence-electron chi connectivity index (χ0n) is 15.2. The van der Waals surface area contributed by atoms with Gasteiger partial charge in [0.25, 0.3) is 5.91 Å². The van der Waals surface area contributed by atoms with Gasteiger partial charge >= 0.3 is 0 Å². The summed E-state index contributed by atoms with van der Waals surface area (Å²) in [5.41, 5.74) is 0. The van der Waals surface area contributed by atoms with E-state index in [1.54, 1.807) is 11.0 Å². The molecule has 0 spiro atoms. The molecule has 26 heavy (non-hydrogen) atoms. The minimum absolute atomic E-state index is 0. The first-order valence-electron chi connectivity index (χ1n) is 9.04. The van der Waals surface area contributed by atoms with Crippen LogP contribution >= 0.6 is 24.0 Å². The zero-order chi connectivity index (χ0) is 17.5. The average Bonchev–Trinajstić information content (AvgIpc) is 3.34. The van der Waals surface area contributed by atoms with E-state index >= 15 is 0 Å². The van der Waals surface area contributed by atoms with Crippen molar-refractivity contribution in [1.82, 2.24) is 29.9 Å². The number of amides is 1. The number of nitrogens with one attached hydrogen (secondary N) is 1. The van der Waals surface area contributed by atoms with E-state index in [0.717, 1.165) is 38.4 Å². The van der Waals surface area contributed by atoms with E-state index in [9.17, 15) is 4.79 Å². The Balaban J connectivity index is 0.00000243. The van der Waals surface area contributed by atoms with Crippen LogP contribution in [0.1, 0.15) is 19.8 Å². The number of rotatable bonds is 5. The van der Waals surface area contributed by atoms with E-state index in [0.29, 0.717) is 32.8 Å². The molecular formula is C16H28IN7O2. The van der Waals surface area contributed by atoms with Gasteiger partial charge in [0.1, 0.15) is 18.8 Å². The van der Waals surface area contributed by atoms with E-state index in [4.69, 9.17) is 4.74 Å². The molecule has 9 nitrogen and oxygen atoms in total. The Morgan fingerprint density at radius 2 is 2.08 bits per heavy atom. The van der Waals surface area contributed by atoms with E-state index in [1.807, 2.05) is 4.90 Å². The molecule has 1 atom stereocenters. The second-order valence-corrected chi connectivity index (χ2v) is 6.21. The van der Waals surface area contributed by atoms with Crippen LogP contribution in [0.2, 0.25) is 0 Å². The van der Waals surface area contributed by atoms with Gasteiger partial charge in [0.05, 0.1) is 13.1 Å². The van der Waals surface area contributed by atoms with Crippen LogP contribution < -0.4 is 5.32 Å². The van der Waals surface area contributed by atoms with E-state index in [1.165, 1.54) is 6.33 Å². The van der Waals surface area contributed by atoms with Crippen LogP contribution in [0.15, 0.2) is 17.6 Å². The first kappa shape index (κ1) is 20.9. The lowest BCUT2D eigenvalue weighted by atomic mass is 10.2. The minimum Gasteiger partial charge on any atom is -0.368 e. The van der Waals surface area contributed by atoms with Crippen LogP contribution in [0.25, 0.3) is 0 Å². The quantitative estimate of drug-likeness (QED) is 0.370. The summed E-state index contributed by atoms with van der Waals surface area (Å²) in [5, 5.41) is 7.42. The lowest BCUT2D eigenvalue weighted by Crippen LogP contribution is -2.55. The Morgan fingerprint density at radius 1 is 1.31 bits per heavy atom. The molecule has 0 bridgehead atoms. The Kier molecular flexibility index (Phi) is 8.55. The molecule has 1 unspecified atom stereocenters. The topological polar surface area (TPSA) is 87.9 Å². The summed E-state index contributed by atoms with van der Waals surface area (Å²) in [5.74, 6) is 1.04. The number of aromatic nitrogens is 3. The highest BCUT2D eigenvalue weighted by Gasteiger charge is 2.30. The smallest absolute Gasteiger partial charge is 0.251 e. The largest absolute Gasteiger partial charge is 0.368 e. The van der Waals surface area contributed by atoms with E-state index in [-0.39, 0.29) is 36.0 Å². The van der Waals surface area contributed by atoms with Gasteiger partial charge in [-0.15, -0.1) is 24.0 Å². The van der Waals surface area contributed by atoms with Gasteiger partial charge in [0.2, 0.25) is 0 Å². The molecule has 0 aromatic carbocycles. The monoisotopic (exact) mass is 477 g/mol. The number of hydrogen-bond acceptors (Lipinski definition) is 5. The van der Waals surface area contributed by atoms with Crippen LogP contribution in [0, 0.1) is 0 Å². The van der Waals surface area contributed by atoms with Crippen molar-refractivity contribution < 1.29 is 9.53 Å². The summed E-state index contributed by atoms with van der Waals surface area (Å²) < 4.78 is 7.28. The Labute approximate surface area is 171 Å². The van der Waals surface area contributed by atoms with Gasteiger partial charge in [-0.1, -0.05) is 0 Å². The minimum atomic E-state index is -0.226. The average molecular weight is 477 g/mol. The summed E-state index contributed by atoms with van der Waals surface area (Å²) in [6.45, 7) is 7.92. The van der Waals surface area contributed by atoms with Crippen LogP contribution in [0.4, 0.5) is 0 Å². The molecule has 1 amide bonds. The van der Waals surface area contributed by atoms with Gasteiger partial charge in [-0.2, -0.15) is 5.10 Å². The highest BCUT2D eigenvalue weighted by atomic mass is 127. The summed E-state index contributed by atoms with van der Waals surface area (Å²) in [6.07, 6.45) is 4.83. The predicted octanol–water partition coefficient (Wildman–Crippen LogP) is 0.185. The fraction of sp³-hybridized carbons (Fsp3) is 0.750. The van der Waals surface area contributed by atoms with Crippen molar-refractivity contribution in [3.8, 4) is 0 Å². The predicted molar refractivity (Wildman–Crippen MR) is 109 cm³/mol. The SMILES string of the molecule is CCNC(=NCCn1cncn1)N1CCN(C(=O)C2CCCO2)CC1.I. The Hall–Kier alpha value is -1.43. The highest BCUT2D eigenvalue weighted by Crippen LogP contribution is 2.16. The van der Waals surface area contributed by atoms with Crippen molar-refractivity contribution in [3.05, 3.63) is 12.7 Å². The van der Waals surface area contributed by atoms with Gasteiger partial charge < -0.3 is 19.9 Å². The summed E-state index contributed by atoms with van der Waals surface area (Å²) in [7, 11) is 0. The maximum Gasteiger partial charge on any atom is 0.251 e. The van der Waals surface area contributed by atoms with Gasteiger partial charge in [-0.3, -0.25) is 14.5 Å². The van der Waals surface area contributed by atoms with Crippen LogP contribution in [-0.4, -0.2) is 88.4 Å². The van der Waals surface area contributed by atoms with Crippen molar-refractivity contribution in [2.45, 2.75) is 32.4 Å². The van der Waals surface area contributed by atoms with Crippen molar-refractivity contribution >= 4 is 35.8 Å². The second-order valence-electron chi connectivity index (χ2n) is 6.21. The fourth-order valence-corrected chi connectivity index (χ4v) is 3.15. The zero-order valence-corrected chi connectivity index (χ0v) is 17.5. The van der Waals surface area contributed by atoms with Gasteiger partial charge in [-0.05, 0) is 19.8 Å². The molecular weight excluding hydrogens is 449 g/mol. The number of carbonyl (C=O) groups is 1. The van der Waals surface area contributed by atoms with Crippen molar-refractivity contribution in [1.29, 1.82) is 0 Å². The van der Waals surface area contributed by atoms with Crippen molar-refractivity contribution in [3.63, 3.8) is 0 Å². The van der Waals surface area contributed by atoms with Crippen LogP contribution in [0.5, 0.6) is 0 Å². The molecule has 2 aliphatic heterocycles. The molecule has 0 saturated carbocycles. The number of nitrogens with zero attached hydrogens (tertiary/aromatic N) is 6. The van der Waals surface area contributed by atoms with Gasteiger partial charge in [0, 0.05) is 39.3 Å². The molecule has 10 heteroatoms.